The predicted molar refractivity (Wildman–Crippen MR) is 65.0 cm³/mol. The average Bonchev–Trinajstić information content (AvgIpc) is 2.06. The molecule has 0 spiro atoms. The molecule has 1 aliphatic heterocycles. The number of aliphatic hydroxyl groups is 1. The van der Waals surface area contributed by atoms with E-state index in [-0.39, 0.29) is 11.2 Å². The third kappa shape index (κ3) is 3.36. The highest BCUT2D eigenvalue weighted by Gasteiger charge is 2.45. The van der Waals surface area contributed by atoms with Crippen LogP contribution in [0.4, 0.5) is 0 Å². The van der Waals surface area contributed by atoms with Gasteiger partial charge in [0.15, 0.2) is 0 Å². The molecular formula is C10H20O3S2. The van der Waals surface area contributed by atoms with Crippen LogP contribution in [-0.2, 0) is 9.84 Å². The zero-order valence-corrected chi connectivity index (χ0v) is 11.2. The Morgan fingerprint density at radius 1 is 1.40 bits per heavy atom. The van der Waals surface area contributed by atoms with E-state index in [1.807, 2.05) is 13.8 Å². The van der Waals surface area contributed by atoms with Crippen molar-refractivity contribution in [1.82, 2.24) is 0 Å². The minimum Gasteiger partial charge on any atom is -0.388 e. The first-order valence-electron chi connectivity index (χ1n) is 5.14. The minimum atomic E-state index is -2.98. The van der Waals surface area contributed by atoms with Gasteiger partial charge in [-0.3, -0.25) is 0 Å². The second kappa shape index (κ2) is 4.26. The molecule has 1 rings (SSSR count). The molecule has 1 N–H and O–H groups in total. The highest BCUT2D eigenvalue weighted by atomic mass is 32.2. The van der Waals surface area contributed by atoms with Gasteiger partial charge in [-0.2, -0.15) is 11.8 Å². The van der Waals surface area contributed by atoms with Gasteiger partial charge in [-0.05, 0) is 24.0 Å². The van der Waals surface area contributed by atoms with Crippen LogP contribution in [0.1, 0.15) is 26.7 Å². The summed E-state index contributed by atoms with van der Waals surface area (Å²) in [5, 5.41) is 10.5. The van der Waals surface area contributed by atoms with Gasteiger partial charge in [0.05, 0.1) is 11.4 Å². The highest BCUT2D eigenvalue weighted by molar-refractivity contribution is 7.99. The fourth-order valence-electron chi connectivity index (χ4n) is 1.76. The fraction of sp³-hybridized carbons (Fsp3) is 1.00. The smallest absolute Gasteiger partial charge is 0.147 e. The summed E-state index contributed by atoms with van der Waals surface area (Å²) < 4.78 is 22.2. The Labute approximate surface area is 96.6 Å². The average molecular weight is 252 g/mol. The largest absolute Gasteiger partial charge is 0.388 e. The van der Waals surface area contributed by atoms with E-state index in [1.165, 1.54) is 6.26 Å². The Hall–Kier alpha value is 0.260. The van der Waals surface area contributed by atoms with Crippen LogP contribution in [-0.4, -0.2) is 42.6 Å². The van der Waals surface area contributed by atoms with Crippen molar-refractivity contribution in [2.45, 2.75) is 32.3 Å². The molecule has 3 nitrogen and oxygen atoms in total. The molecular weight excluding hydrogens is 232 g/mol. The first-order chi connectivity index (χ1) is 6.66. The van der Waals surface area contributed by atoms with Crippen molar-refractivity contribution in [3.05, 3.63) is 0 Å². The van der Waals surface area contributed by atoms with Crippen LogP contribution in [0.5, 0.6) is 0 Å². The Bertz CT molecular complexity index is 322. The molecule has 1 fully saturated rings. The van der Waals surface area contributed by atoms with Crippen molar-refractivity contribution in [2.24, 2.45) is 5.41 Å². The van der Waals surface area contributed by atoms with Crippen LogP contribution >= 0.6 is 11.8 Å². The molecule has 1 heterocycles. The zero-order chi connectivity index (χ0) is 11.7. The number of hydrogen-bond donors (Lipinski definition) is 1. The summed E-state index contributed by atoms with van der Waals surface area (Å²) in [6, 6.07) is 0. The monoisotopic (exact) mass is 252 g/mol. The molecule has 90 valence electrons. The summed E-state index contributed by atoms with van der Waals surface area (Å²) in [5.74, 6) is 1.77. The predicted octanol–water partition coefficient (Wildman–Crippen LogP) is 1.32. The van der Waals surface area contributed by atoms with E-state index < -0.39 is 15.4 Å². The van der Waals surface area contributed by atoms with Crippen molar-refractivity contribution < 1.29 is 13.5 Å². The number of thioether (sulfide) groups is 1. The fourth-order valence-corrected chi connectivity index (χ4v) is 4.14. The molecule has 0 aromatic heterocycles. The molecule has 0 aliphatic carbocycles. The van der Waals surface area contributed by atoms with E-state index >= 15 is 0 Å². The number of sulfone groups is 1. The number of hydrogen-bond acceptors (Lipinski definition) is 4. The van der Waals surface area contributed by atoms with Gasteiger partial charge in [0.25, 0.3) is 0 Å². The molecule has 0 radical (unpaired) electrons. The van der Waals surface area contributed by atoms with Crippen LogP contribution in [0, 0.1) is 5.41 Å². The lowest BCUT2D eigenvalue weighted by Crippen LogP contribution is -2.50. The molecule has 15 heavy (non-hydrogen) atoms. The molecule has 0 saturated carbocycles. The lowest BCUT2D eigenvalue weighted by Gasteiger charge is -2.46. The summed E-state index contributed by atoms with van der Waals surface area (Å²) in [6.07, 6.45) is 2.52. The summed E-state index contributed by atoms with van der Waals surface area (Å²) in [5.41, 5.74) is -1.01. The van der Waals surface area contributed by atoms with Crippen molar-refractivity contribution in [1.29, 1.82) is 0 Å². The maximum atomic E-state index is 11.1. The molecule has 0 aromatic rings. The third-order valence-electron chi connectivity index (χ3n) is 3.36. The maximum Gasteiger partial charge on any atom is 0.147 e. The van der Waals surface area contributed by atoms with Crippen molar-refractivity contribution in [2.75, 3.05) is 23.5 Å². The van der Waals surface area contributed by atoms with E-state index in [2.05, 4.69) is 0 Å². The maximum absolute atomic E-state index is 11.1. The van der Waals surface area contributed by atoms with E-state index in [1.54, 1.807) is 11.8 Å². The summed E-state index contributed by atoms with van der Waals surface area (Å²) in [7, 11) is -2.98. The van der Waals surface area contributed by atoms with E-state index in [0.717, 1.165) is 12.2 Å². The lowest BCUT2D eigenvalue weighted by atomic mass is 9.72. The summed E-state index contributed by atoms with van der Waals surface area (Å²) in [4.78, 5) is 0. The first-order valence-corrected chi connectivity index (χ1v) is 8.36. The summed E-state index contributed by atoms with van der Waals surface area (Å²) in [6.45, 7) is 4.05. The topological polar surface area (TPSA) is 54.4 Å². The van der Waals surface area contributed by atoms with Gasteiger partial charge >= 0.3 is 0 Å². The summed E-state index contributed by atoms with van der Waals surface area (Å²) >= 11 is 1.71. The highest BCUT2D eigenvalue weighted by Crippen LogP contribution is 2.44. The Morgan fingerprint density at radius 2 is 2.00 bits per heavy atom. The van der Waals surface area contributed by atoms with E-state index in [0.29, 0.717) is 12.2 Å². The van der Waals surface area contributed by atoms with Gasteiger partial charge in [-0.1, -0.05) is 13.8 Å². The van der Waals surface area contributed by atoms with Crippen LogP contribution in [0.2, 0.25) is 0 Å². The van der Waals surface area contributed by atoms with Gasteiger partial charge in [0.1, 0.15) is 9.84 Å². The van der Waals surface area contributed by atoms with Crippen molar-refractivity contribution >= 4 is 21.6 Å². The molecule has 0 aromatic carbocycles. The molecule has 1 saturated heterocycles. The van der Waals surface area contributed by atoms with Crippen LogP contribution in [0.25, 0.3) is 0 Å². The second-order valence-electron chi connectivity index (χ2n) is 5.10. The Balaban J connectivity index is 2.71. The standard InChI is InChI=1S/C10H20O3S2/c1-9(2)4-6-14-8-10(9,11)5-7-15(3,12)13/h11H,4-8H2,1-3H3. The van der Waals surface area contributed by atoms with Gasteiger partial charge in [0, 0.05) is 12.0 Å². The van der Waals surface area contributed by atoms with Crippen molar-refractivity contribution in [3.63, 3.8) is 0 Å². The van der Waals surface area contributed by atoms with Gasteiger partial charge < -0.3 is 5.11 Å². The Morgan fingerprint density at radius 3 is 2.47 bits per heavy atom. The number of rotatable bonds is 3. The molecule has 1 atom stereocenters. The van der Waals surface area contributed by atoms with Crippen LogP contribution in [0.3, 0.4) is 0 Å². The molecule has 1 unspecified atom stereocenters. The molecule has 5 heteroatoms. The first kappa shape index (κ1) is 13.3. The van der Waals surface area contributed by atoms with Gasteiger partial charge in [0.2, 0.25) is 0 Å². The van der Waals surface area contributed by atoms with Gasteiger partial charge in [-0.25, -0.2) is 8.42 Å². The lowest BCUT2D eigenvalue weighted by molar-refractivity contribution is -0.0539. The normalized spacial score (nSPS) is 31.5. The van der Waals surface area contributed by atoms with Crippen LogP contribution in [0.15, 0.2) is 0 Å². The zero-order valence-electron chi connectivity index (χ0n) is 9.62. The quantitative estimate of drug-likeness (QED) is 0.823. The van der Waals surface area contributed by atoms with Gasteiger partial charge in [-0.15, -0.1) is 0 Å². The Kier molecular flexibility index (Phi) is 3.78. The van der Waals surface area contributed by atoms with E-state index in [4.69, 9.17) is 0 Å². The second-order valence-corrected chi connectivity index (χ2v) is 8.46. The molecule has 0 amide bonds. The van der Waals surface area contributed by atoms with Crippen LogP contribution < -0.4 is 0 Å². The van der Waals surface area contributed by atoms with E-state index in [9.17, 15) is 13.5 Å². The van der Waals surface area contributed by atoms with Crippen molar-refractivity contribution in [3.8, 4) is 0 Å². The third-order valence-corrected chi connectivity index (χ3v) is 5.48. The SMILES string of the molecule is CC1(C)CCSCC1(O)CCS(C)(=O)=O. The minimum absolute atomic E-state index is 0.0769. The molecule has 0 bridgehead atoms. The molecule has 1 aliphatic rings.